The molecule has 0 spiro atoms. The number of nitrogens with two attached hydrogens (primary N) is 1. The van der Waals surface area contributed by atoms with Crippen molar-refractivity contribution >= 4 is 15.9 Å². The minimum atomic E-state index is -0.0675. The predicted octanol–water partition coefficient (Wildman–Crippen LogP) is 4.18. The molecule has 1 aliphatic rings. The third-order valence-electron chi connectivity index (χ3n) is 3.64. The lowest BCUT2D eigenvalue weighted by Crippen LogP contribution is -2.42. The fourth-order valence-corrected chi connectivity index (χ4v) is 3.03. The lowest BCUT2D eigenvalue weighted by Gasteiger charge is -2.41. The van der Waals surface area contributed by atoms with Crippen LogP contribution in [0.1, 0.15) is 51.1 Å². The van der Waals surface area contributed by atoms with Crippen molar-refractivity contribution in [1.29, 1.82) is 0 Å². The first-order valence-electron chi connectivity index (χ1n) is 6.34. The van der Waals surface area contributed by atoms with Gasteiger partial charge in [0.2, 0.25) is 0 Å². The van der Waals surface area contributed by atoms with Crippen LogP contribution in [0.25, 0.3) is 0 Å². The monoisotopic (exact) mass is 297 g/mol. The molecule has 1 heterocycles. The molecule has 17 heavy (non-hydrogen) atoms. The van der Waals surface area contributed by atoms with E-state index in [1.165, 1.54) is 0 Å². The Labute approximate surface area is 112 Å². The van der Waals surface area contributed by atoms with E-state index < -0.39 is 0 Å². The van der Waals surface area contributed by atoms with E-state index in [9.17, 15) is 0 Å². The van der Waals surface area contributed by atoms with Crippen LogP contribution in [0.4, 0.5) is 0 Å². The fraction of sp³-hybridized carbons (Fsp3) is 0.571. The Balaban J connectivity index is 2.36. The Morgan fingerprint density at radius 2 is 2.24 bits per heavy atom. The van der Waals surface area contributed by atoms with Gasteiger partial charge in [0.15, 0.2) is 0 Å². The summed E-state index contributed by atoms with van der Waals surface area (Å²) >= 11 is 3.49. The van der Waals surface area contributed by atoms with E-state index in [-0.39, 0.29) is 11.6 Å². The fourth-order valence-electron chi connectivity index (χ4n) is 2.69. The van der Waals surface area contributed by atoms with Crippen LogP contribution in [0.15, 0.2) is 22.7 Å². The first kappa shape index (κ1) is 12.9. The molecule has 0 amide bonds. The molecule has 2 unspecified atom stereocenters. The van der Waals surface area contributed by atoms with E-state index in [4.69, 9.17) is 10.5 Å². The molecule has 0 aromatic heterocycles. The third-order valence-corrected chi connectivity index (χ3v) is 4.14. The summed E-state index contributed by atoms with van der Waals surface area (Å²) in [6, 6.07) is 6.23. The van der Waals surface area contributed by atoms with E-state index >= 15 is 0 Å². The van der Waals surface area contributed by atoms with Crippen LogP contribution >= 0.6 is 15.9 Å². The number of rotatable bonds is 3. The molecule has 2 nitrogen and oxygen atoms in total. The van der Waals surface area contributed by atoms with Crippen LogP contribution < -0.4 is 10.5 Å². The van der Waals surface area contributed by atoms with Gasteiger partial charge in [0, 0.05) is 22.5 Å². The summed E-state index contributed by atoms with van der Waals surface area (Å²) in [5, 5.41) is 0. The predicted molar refractivity (Wildman–Crippen MR) is 74.2 cm³/mol. The Hall–Kier alpha value is -0.540. The second-order valence-electron chi connectivity index (χ2n) is 4.88. The minimum absolute atomic E-state index is 0.0675. The topological polar surface area (TPSA) is 35.2 Å². The van der Waals surface area contributed by atoms with E-state index in [2.05, 4.69) is 35.8 Å². The zero-order chi connectivity index (χ0) is 12.5. The van der Waals surface area contributed by atoms with Crippen molar-refractivity contribution in [2.75, 3.05) is 0 Å². The first-order valence-corrected chi connectivity index (χ1v) is 7.13. The minimum Gasteiger partial charge on any atom is -0.487 e. The molecule has 0 radical (unpaired) electrons. The maximum Gasteiger partial charge on any atom is 0.126 e. The van der Waals surface area contributed by atoms with Crippen LogP contribution in [0.5, 0.6) is 5.75 Å². The molecule has 3 heteroatoms. The maximum absolute atomic E-state index is 6.28. The molecule has 0 saturated heterocycles. The standard InChI is InChI=1S/C14H20BrNO/c1-3-7-14(4-2)9-12(16)11-6-5-10(15)8-13(11)17-14/h5-6,8,12H,3-4,7,9,16H2,1-2H3. The summed E-state index contributed by atoms with van der Waals surface area (Å²) in [7, 11) is 0. The Kier molecular flexibility index (Phi) is 3.79. The van der Waals surface area contributed by atoms with E-state index in [0.29, 0.717) is 0 Å². The van der Waals surface area contributed by atoms with Gasteiger partial charge in [-0.1, -0.05) is 42.3 Å². The van der Waals surface area contributed by atoms with Gasteiger partial charge in [-0.15, -0.1) is 0 Å². The molecule has 1 aliphatic heterocycles. The van der Waals surface area contributed by atoms with Gasteiger partial charge < -0.3 is 10.5 Å². The Morgan fingerprint density at radius 3 is 2.88 bits per heavy atom. The Morgan fingerprint density at radius 1 is 1.47 bits per heavy atom. The van der Waals surface area contributed by atoms with Gasteiger partial charge in [-0.3, -0.25) is 0 Å². The summed E-state index contributed by atoms with van der Waals surface area (Å²) in [6.45, 7) is 4.38. The smallest absolute Gasteiger partial charge is 0.126 e. The van der Waals surface area contributed by atoms with Crippen LogP contribution in [-0.2, 0) is 0 Å². The highest BCUT2D eigenvalue weighted by atomic mass is 79.9. The van der Waals surface area contributed by atoms with Gasteiger partial charge in [0.1, 0.15) is 11.4 Å². The number of hydrogen-bond donors (Lipinski definition) is 1. The number of ether oxygens (including phenoxy) is 1. The zero-order valence-corrected chi connectivity index (χ0v) is 12.1. The van der Waals surface area contributed by atoms with Gasteiger partial charge >= 0.3 is 0 Å². The summed E-state index contributed by atoms with van der Waals surface area (Å²) in [4.78, 5) is 0. The lowest BCUT2D eigenvalue weighted by atomic mass is 9.83. The van der Waals surface area contributed by atoms with Crippen LogP contribution in [0.2, 0.25) is 0 Å². The first-order chi connectivity index (χ1) is 8.10. The van der Waals surface area contributed by atoms with Crippen molar-refractivity contribution in [3.63, 3.8) is 0 Å². The molecular weight excluding hydrogens is 278 g/mol. The van der Waals surface area contributed by atoms with Crippen molar-refractivity contribution in [2.24, 2.45) is 5.73 Å². The van der Waals surface area contributed by atoms with Crippen molar-refractivity contribution in [3.8, 4) is 5.75 Å². The largest absolute Gasteiger partial charge is 0.487 e. The number of fused-ring (bicyclic) bond motifs is 1. The number of hydrogen-bond acceptors (Lipinski definition) is 2. The zero-order valence-electron chi connectivity index (χ0n) is 10.5. The van der Waals surface area contributed by atoms with Gasteiger partial charge in [0.25, 0.3) is 0 Å². The summed E-state index contributed by atoms with van der Waals surface area (Å²) in [6.07, 6.45) is 4.14. The van der Waals surface area contributed by atoms with Crippen molar-refractivity contribution in [3.05, 3.63) is 28.2 Å². The highest BCUT2D eigenvalue weighted by molar-refractivity contribution is 9.10. The molecule has 1 aromatic carbocycles. The molecular formula is C14H20BrNO. The molecule has 94 valence electrons. The summed E-state index contributed by atoms with van der Waals surface area (Å²) in [5.41, 5.74) is 7.35. The second-order valence-corrected chi connectivity index (χ2v) is 5.80. The van der Waals surface area contributed by atoms with Crippen molar-refractivity contribution in [2.45, 2.75) is 51.2 Å². The van der Waals surface area contributed by atoms with Crippen LogP contribution in [0, 0.1) is 0 Å². The lowest BCUT2D eigenvalue weighted by molar-refractivity contribution is 0.0230. The normalized spacial score (nSPS) is 27.4. The van der Waals surface area contributed by atoms with Gasteiger partial charge in [0.05, 0.1) is 0 Å². The molecule has 2 N–H and O–H groups in total. The highest BCUT2D eigenvalue weighted by Gasteiger charge is 2.37. The van der Waals surface area contributed by atoms with Gasteiger partial charge in [-0.2, -0.15) is 0 Å². The van der Waals surface area contributed by atoms with Gasteiger partial charge in [-0.05, 0) is 25.0 Å². The second kappa shape index (κ2) is 4.99. The molecule has 0 saturated carbocycles. The van der Waals surface area contributed by atoms with Crippen molar-refractivity contribution in [1.82, 2.24) is 0 Å². The molecule has 1 aromatic rings. The molecule has 2 rings (SSSR count). The number of benzene rings is 1. The molecule has 2 atom stereocenters. The van der Waals surface area contributed by atoms with E-state index in [1.54, 1.807) is 0 Å². The summed E-state index contributed by atoms with van der Waals surface area (Å²) in [5.74, 6) is 0.952. The van der Waals surface area contributed by atoms with Crippen LogP contribution in [-0.4, -0.2) is 5.60 Å². The van der Waals surface area contributed by atoms with Crippen molar-refractivity contribution < 1.29 is 4.74 Å². The summed E-state index contributed by atoms with van der Waals surface area (Å²) < 4.78 is 7.30. The average molecular weight is 298 g/mol. The van der Waals surface area contributed by atoms with Gasteiger partial charge in [-0.25, -0.2) is 0 Å². The quantitative estimate of drug-likeness (QED) is 0.908. The maximum atomic E-state index is 6.28. The third kappa shape index (κ3) is 2.50. The molecule has 0 fully saturated rings. The molecule has 0 bridgehead atoms. The number of halogens is 1. The van der Waals surface area contributed by atoms with Crippen LogP contribution in [0.3, 0.4) is 0 Å². The van der Waals surface area contributed by atoms with E-state index in [0.717, 1.165) is 41.5 Å². The molecule has 0 aliphatic carbocycles. The average Bonchev–Trinajstić information content (AvgIpc) is 2.28. The highest BCUT2D eigenvalue weighted by Crippen LogP contribution is 2.43. The Bertz CT molecular complexity index is 407. The SMILES string of the molecule is CCCC1(CC)CC(N)c2ccc(Br)cc2O1. The van der Waals surface area contributed by atoms with E-state index in [1.807, 2.05) is 12.1 Å².